The molecule has 2 aromatic rings. The predicted molar refractivity (Wildman–Crippen MR) is 96.5 cm³/mol. The van der Waals surface area contributed by atoms with Gasteiger partial charge in [-0.1, -0.05) is 36.8 Å². The zero-order chi connectivity index (χ0) is 20.1. The van der Waals surface area contributed by atoms with Crippen molar-refractivity contribution in [3.63, 3.8) is 0 Å². The van der Waals surface area contributed by atoms with Crippen LogP contribution in [0.1, 0.15) is 43.6 Å². The lowest BCUT2D eigenvalue weighted by Gasteiger charge is -2.43. The second-order valence-electron chi connectivity index (χ2n) is 7.71. The van der Waals surface area contributed by atoms with Gasteiger partial charge in [-0.05, 0) is 18.8 Å². The fraction of sp³-hybridized carbons (Fsp3) is 0.500. The summed E-state index contributed by atoms with van der Waals surface area (Å²) in [6.07, 6.45) is 1.38. The molecule has 2 aliphatic carbocycles. The highest BCUT2D eigenvalue weighted by molar-refractivity contribution is 5.92. The number of amides is 1. The van der Waals surface area contributed by atoms with Crippen LogP contribution >= 0.6 is 0 Å². The molecule has 8 heteroatoms. The Bertz CT molecular complexity index is 890. The van der Waals surface area contributed by atoms with Crippen molar-refractivity contribution in [2.45, 2.75) is 49.9 Å². The minimum absolute atomic E-state index is 0.230. The number of anilines is 1. The highest BCUT2D eigenvalue weighted by atomic mass is 19.3. The lowest BCUT2D eigenvalue weighted by molar-refractivity contribution is -0.313. The Morgan fingerprint density at radius 2 is 1.89 bits per heavy atom. The summed E-state index contributed by atoms with van der Waals surface area (Å²) < 4.78 is 54.6. The molecule has 0 saturated heterocycles. The first-order valence-electron chi connectivity index (χ1n) is 9.38. The van der Waals surface area contributed by atoms with Crippen molar-refractivity contribution in [1.29, 1.82) is 0 Å². The highest BCUT2D eigenvalue weighted by Crippen LogP contribution is 2.56. The molecule has 1 heterocycles. The minimum atomic E-state index is -4.14. The first kappa shape index (κ1) is 19.0. The molecular weight excluding hydrogens is 374 g/mol. The number of benzene rings is 1. The van der Waals surface area contributed by atoms with E-state index in [4.69, 9.17) is 0 Å². The van der Waals surface area contributed by atoms with E-state index in [-0.39, 0.29) is 5.92 Å². The Hall–Kier alpha value is -2.38. The number of nitrogens with zero attached hydrogens (tertiary/aromatic N) is 2. The number of rotatable bonds is 5. The van der Waals surface area contributed by atoms with E-state index in [9.17, 15) is 22.4 Å². The average Bonchev–Trinajstić information content (AvgIpc) is 2.90. The van der Waals surface area contributed by atoms with E-state index in [1.54, 1.807) is 7.05 Å². The molecule has 2 fully saturated rings. The van der Waals surface area contributed by atoms with Crippen LogP contribution in [0.2, 0.25) is 0 Å². The summed E-state index contributed by atoms with van der Waals surface area (Å²) in [7, 11) is 1.68. The van der Waals surface area contributed by atoms with E-state index in [0.717, 1.165) is 36.1 Å². The quantitative estimate of drug-likeness (QED) is 0.727. The summed E-state index contributed by atoms with van der Waals surface area (Å²) in [5.41, 5.74) is 2.55. The number of aryl methyl sites for hydroxylation is 1. The maximum Gasteiger partial charge on any atom is 0.313 e. The van der Waals surface area contributed by atoms with Crippen LogP contribution in [0.25, 0.3) is 11.3 Å². The highest BCUT2D eigenvalue weighted by Gasteiger charge is 2.71. The number of carbonyl (C=O) groups excluding carboxylic acids is 1. The molecule has 0 aliphatic heterocycles. The van der Waals surface area contributed by atoms with Gasteiger partial charge in [0.1, 0.15) is 5.82 Å². The maximum absolute atomic E-state index is 13.5. The van der Waals surface area contributed by atoms with E-state index in [1.807, 2.05) is 30.3 Å². The number of halogens is 4. The average molecular weight is 395 g/mol. The van der Waals surface area contributed by atoms with Crippen molar-refractivity contribution in [2.75, 3.05) is 5.32 Å². The van der Waals surface area contributed by atoms with E-state index in [2.05, 4.69) is 10.4 Å². The molecule has 4 nitrogen and oxygen atoms in total. The molecule has 2 aliphatic rings. The Kier molecular flexibility index (Phi) is 4.47. The van der Waals surface area contributed by atoms with Crippen molar-refractivity contribution in [2.24, 2.45) is 13.0 Å². The second kappa shape index (κ2) is 6.60. The zero-order valence-electron chi connectivity index (χ0n) is 15.4. The molecule has 0 spiro atoms. The Labute approximate surface area is 159 Å². The molecule has 1 aromatic heterocycles. The molecule has 4 rings (SSSR count). The summed E-state index contributed by atoms with van der Waals surface area (Å²) in [5.74, 6) is -9.80. The zero-order valence-corrected chi connectivity index (χ0v) is 15.4. The van der Waals surface area contributed by atoms with Gasteiger partial charge in [-0.2, -0.15) is 22.7 Å². The number of hydrogen-bond acceptors (Lipinski definition) is 2. The molecule has 2 saturated carbocycles. The van der Waals surface area contributed by atoms with E-state index < -0.39 is 36.5 Å². The third-order valence-electron chi connectivity index (χ3n) is 5.84. The summed E-state index contributed by atoms with van der Waals surface area (Å²) in [6, 6.07) is 9.53. The van der Waals surface area contributed by atoms with Gasteiger partial charge in [0.25, 0.3) is 0 Å². The van der Waals surface area contributed by atoms with E-state index >= 15 is 0 Å². The lowest BCUT2D eigenvalue weighted by Crippen LogP contribution is -2.59. The summed E-state index contributed by atoms with van der Waals surface area (Å²) in [6.45, 7) is 0. The molecule has 1 aromatic carbocycles. The van der Waals surface area contributed by atoms with Gasteiger partial charge >= 0.3 is 11.8 Å². The van der Waals surface area contributed by atoms with Crippen LogP contribution in [0.3, 0.4) is 0 Å². The van der Waals surface area contributed by atoms with Gasteiger partial charge in [-0.3, -0.25) is 9.48 Å². The molecule has 0 unspecified atom stereocenters. The first-order valence-corrected chi connectivity index (χ1v) is 9.38. The monoisotopic (exact) mass is 395 g/mol. The fourth-order valence-electron chi connectivity index (χ4n) is 3.93. The molecule has 0 radical (unpaired) electrons. The van der Waals surface area contributed by atoms with Crippen LogP contribution in [-0.2, 0) is 11.8 Å². The van der Waals surface area contributed by atoms with Gasteiger partial charge in [0.05, 0.1) is 5.69 Å². The number of nitrogens with one attached hydrogen (secondary N) is 1. The first-order chi connectivity index (χ1) is 13.2. The number of hydrogen-bond donors (Lipinski definition) is 1. The van der Waals surface area contributed by atoms with Crippen LogP contribution in [0.15, 0.2) is 30.3 Å². The third-order valence-corrected chi connectivity index (χ3v) is 5.84. The minimum Gasteiger partial charge on any atom is -0.311 e. The molecule has 150 valence electrons. The van der Waals surface area contributed by atoms with Gasteiger partial charge in [0.2, 0.25) is 5.91 Å². The van der Waals surface area contributed by atoms with Gasteiger partial charge in [-0.15, -0.1) is 0 Å². The van der Waals surface area contributed by atoms with Crippen LogP contribution in [0, 0.1) is 5.92 Å². The predicted octanol–water partition coefficient (Wildman–Crippen LogP) is 4.97. The SMILES string of the molecule is Cn1nc(-c2ccccc2)c(C2CCC2)c1NC(=O)C[C@H]1CC(F)(F)C1(F)F. The molecular formula is C20H21F4N3O. The summed E-state index contributed by atoms with van der Waals surface area (Å²) in [5, 5.41) is 7.20. The van der Waals surface area contributed by atoms with Crippen LogP contribution < -0.4 is 5.32 Å². The van der Waals surface area contributed by atoms with Gasteiger partial charge in [0, 0.05) is 36.9 Å². The lowest BCUT2D eigenvalue weighted by atomic mass is 9.74. The van der Waals surface area contributed by atoms with E-state index in [1.165, 1.54) is 4.68 Å². The Morgan fingerprint density at radius 1 is 1.21 bits per heavy atom. The van der Waals surface area contributed by atoms with Crippen molar-refractivity contribution < 1.29 is 22.4 Å². The van der Waals surface area contributed by atoms with Crippen LogP contribution in [0.4, 0.5) is 23.4 Å². The maximum atomic E-state index is 13.5. The largest absolute Gasteiger partial charge is 0.313 e. The van der Waals surface area contributed by atoms with Crippen molar-refractivity contribution in [3.05, 3.63) is 35.9 Å². The molecule has 1 N–H and O–H groups in total. The fourth-order valence-corrected chi connectivity index (χ4v) is 3.93. The van der Waals surface area contributed by atoms with Gasteiger partial charge < -0.3 is 5.32 Å². The standard InChI is InChI=1S/C20H21F4N3O/c1-27-18(25-15(28)10-14-11-19(21,22)20(14,23)24)16(12-8-5-9-12)17(26-27)13-6-3-2-4-7-13/h2-4,6-7,12,14H,5,8-11H2,1H3,(H,25,28)/t14-/m0/s1. The molecule has 0 bridgehead atoms. The normalized spacial score (nSPS) is 23.0. The summed E-state index contributed by atoms with van der Waals surface area (Å²) in [4.78, 5) is 12.4. The molecule has 28 heavy (non-hydrogen) atoms. The Morgan fingerprint density at radius 3 is 2.43 bits per heavy atom. The molecule has 1 atom stereocenters. The van der Waals surface area contributed by atoms with Crippen LogP contribution in [-0.4, -0.2) is 27.5 Å². The summed E-state index contributed by atoms with van der Waals surface area (Å²) >= 11 is 0. The Balaban J connectivity index is 1.58. The number of alkyl halides is 4. The molecule has 1 amide bonds. The van der Waals surface area contributed by atoms with Crippen LogP contribution in [0.5, 0.6) is 0 Å². The van der Waals surface area contributed by atoms with Gasteiger partial charge in [0.15, 0.2) is 0 Å². The van der Waals surface area contributed by atoms with Crippen molar-refractivity contribution in [1.82, 2.24) is 9.78 Å². The number of carbonyl (C=O) groups is 1. The third kappa shape index (κ3) is 2.99. The van der Waals surface area contributed by atoms with Gasteiger partial charge in [-0.25, -0.2) is 0 Å². The topological polar surface area (TPSA) is 46.9 Å². The smallest absolute Gasteiger partial charge is 0.311 e. The van der Waals surface area contributed by atoms with Crippen molar-refractivity contribution in [3.8, 4) is 11.3 Å². The van der Waals surface area contributed by atoms with Crippen molar-refractivity contribution >= 4 is 11.7 Å². The second-order valence-corrected chi connectivity index (χ2v) is 7.71. The van der Waals surface area contributed by atoms with E-state index in [0.29, 0.717) is 5.82 Å². The number of aromatic nitrogens is 2.